The van der Waals surface area contributed by atoms with Gasteiger partial charge in [0.1, 0.15) is 11.5 Å². The van der Waals surface area contributed by atoms with E-state index in [0.29, 0.717) is 0 Å². The third-order valence-electron chi connectivity index (χ3n) is 6.15. The summed E-state index contributed by atoms with van der Waals surface area (Å²) in [4.78, 5) is 0. The molecule has 0 saturated heterocycles. The molecular weight excluding hydrogens is 380 g/mol. The Kier molecular flexibility index (Phi) is 12.2. The van der Waals surface area contributed by atoms with E-state index in [-0.39, 0.29) is 6.10 Å². The van der Waals surface area contributed by atoms with E-state index in [0.717, 1.165) is 36.9 Å². The summed E-state index contributed by atoms with van der Waals surface area (Å²) >= 11 is 0. The van der Waals surface area contributed by atoms with Crippen LogP contribution >= 0.6 is 0 Å². The summed E-state index contributed by atoms with van der Waals surface area (Å²) in [6.45, 7) is 9.84. The summed E-state index contributed by atoms with van der Waals surface area (Å²) < 4.78 is 12.0. The predicted octanol–water partition coefficient (Wildman–Crippen LogP) is 9.08. The van der Waals surface area contributed by atoms with Crippen LogP contribution in [0.3, 0.4) is 0 Å². The standard InChI is InChI=1S/C29H44O2/c1-5-7-8-11-14-25(4)31-29-21-17-27(18-22-29)26-15-19-28(20-16-26)30-23-12-9-10-13-24(3)6-2/h15-22,24-25H,5-14,23H2,1-4H3/t24-,25+/m0/s1. The van der Waals surface area contributed by atoms with Gasteiger partial charge in [0.2, 0.25) is 0 Å². The molecule has 0 bridgehead atoms. The zero-order valence-electron chi connectivity index (χ0n) is 20.4. The number of hydrogen-bond acceptors (Lipinski definition) is 2. The van der Waals surface area contributed by atoms with Gasteiger partial charge >= 0.3 is 0 Å². The predicted molar refractivity (Wildman–Crippen MR) is 134 cm³/mol. The molecule has 172 valence electrons. The van der Waals surface area contributed by atoms with Crippen LogP contribution in [-0.4, -0.2) is 12.7 Å². The lowest BCUT2D eigenvalue weighted by Gasteiger charge is -2.15. The Hall–Kier alpha value is -1.96. The molecule has 0 unspecified atom stereocenters. The second-order valence-corrected chi connectivity index (χ2v) is 9.04. The van der Waals surface area contributed by atoms with E-state index >= 15 is 0 Å². The van der Waals surface area contributed by atoms with Gasteiger partial charge in [-0.3, -0.25) is 0 Å². The summed E-state index contributed by atoms with van der Waals surface area (Å²) in [5.74, 6) is 2.77. The molecule has 2 aromatic rings. The van der Waals surface area contributed by atoms with Gasteiger partial charge in [0.15, 0.2) is 0 Å². The zero-order valence-corrected chi connectivity index (χ0v) is 20.4. The molecule has 0 aliphatic carbocycles. The Morgan fingerprint density at radius 1 is 0.645 bits per heavy atom. The molecule has 0 fully saturated rings. The lowest BCUT2D eigenvalue weighted by atomic mass is 10.0. The SMILES string of the molecule is CCCCCC[C@@H](C)Oc1ccc(-c2ccc(OCCCCC[C@@H](C)CC)cc2)cc1. The number of rotatable bonds is 16. The molecule has 0 aliphatic heterocycles. The third-order valence-corrected chi connectivity index (χ3v) is 6.15. The van der Waals surface area contributed by atoms with Crippen molar-refractivity contribution in [1.29, 1.82) is 0 Å². The molecular formula is C29H44O2. The Morgan fingerprint density at radius 2 is 1.23 bits per heavy atom. The first-order chi connectivity index (χ1) is 15.1. The molecule has 0 radical (unpaired) electrons. The van der Waals surface area contributed by atoms with E-state index in [9.17, 15) is 0 Å². The van der Waals surface area contributed by atoms with Gasteiger partial charge < -0.3 is 9.47 Å². The maximum atomic E-state index is 6.08. The van der Waals surface area contributed by atoms with Gasteiger partial charge in [0.25, 0.3) is 0 Å². The summed E-state index contributed by atoms with van der Waals surface area (Å²) in [5, 5.41) is 0. The van der Waals surface area contributed by atoms with Crippen molar-refractivity contribution in [2.45, 2.75) is 98.0 Å². The number of unbranched alkanes of at least 4 members (excludes halogenated alkanes) is 5. The molecule has 0 saturated carbocycles. The van der Waals surface area contributed by atoms with E-state index in [2.05, 4.69) is 76.2 Å². The van der Waals surface area contributed by atoms with E-state index < -0.39 is 0 Å². The Morgan fingerprint density at radius 3 is 1.84 bits per heavy atom. The van der Waals surface area contributed by atoms with Crippen molar-refractivity contribution in [2.75, 3.05) is 6.61 Å². The Bertz CT molecular complexity index is 690. The molecule has 0 aromatic heterocycles. The number of hydrogen-bond donors (Lipinski definition) is 0. The lowest BCUT2D eigenvalue weighted by molar-refractivity contribution is 0.206. The fourth-order valence-electron chi connectivity index (χ4n) is 3.79. The second-order valence-electron chi connectivity index (χ2n) is 9.04. The van der Waals surface area contributed by atoms with Crippen molar-refractivity contribution in [3.8, 4) is 22.6 Å². The zero-order chi connectivity index (χ0) is 22.3. The largest absolute Gasteiger partial charge is 0.494 e. The van der Waals surface area contributed by atoms with Gasteiger partial charge in [-0.15, -0.1) is 0 Å². The highest BCUT2D eigenvalue weighted by molar-refractivity contribution is 5.64. The minimum absolute atomic E-state index is 0.272. The Balaban J connectivity index is 1.72. The van der Waals surface area contributed by atoms with Gasteiger partial charge in [-0.05, 0) is 67.5 Å². The summed E-state index contributed by atoms with van der Waals surface area (Å²) in [6, 6.07) is 16.9. The summed E-state index contributed by atoms with van der Waals surface area (Å²) in [5.41, 5.74) is 2.42. The average Bonchev–Trinajstić information content (AvgIpc) is 2.80. The number of ether oxygens (including phenoxy) is 2. The van der Waals surface area contributed by atoms with Gasteiger partial charge in [-0.25, -0.2) is 0 Å². The molecule has 2 heteroatoms. The van der Waals surface area contributed by atoms with Crippen molar-refractivity contribution in [2.24, 2.45) is 5.92 Å². The molecule has 0 spiro atoms. The lowest BCUT2D eigenvalue weighted by Crippen LogP contribution is -2.11. The van der Waals surface area contributed by atoms with Crippen LogP contribution in [0.2, 0.25) is 0 Å². The highest BCUT2D eigenvalue weighted by atomic mass is 16.5. The van der Waals surface area contributed by atoms with Crippen molar-refractivity contribution < 1.29 is 9.47 Å². The minimum atomic E-state index is 0.272. The summed E-state index contributed by atoms with van der Waals surface area (Å²) in [6.07, 6.45) is 12.9. The highest BCUT2D eigenvalue weighted by Gasteiger charge is 2.05. The Labute approximate surface area is 191 Å². The van der Waals surface area contributed by atoms with Crippen LogP contribution in [0, 0.1) is 5.92 Å². The van der Waals surface area contributed by atoms with Gasteiger partial charge in [0.05, 0.1) is 12.7 Å². The van der Waals surface area contributed by atoms with Crippen LogP contribution in [0.25, 0.3) is 11.1 Å². The molecule has 2 aromatic carbocycles. The first kappa shape index (κ1) is 25.3. The highest BCUT2D eigenvalue weighted by Crippen LogP contribution is 2.25. The van der Waals surface area contributed by atoms with Gasteiger partial charge in [-0.2, -0.15) is 0 Å². The normalized spacial score (nSPS) is 13.0. The second kappa shape index (κ2) is 14.9. The maximum Gasteiger partial charge on any atom is 0.119 e. The van der Waals surface area contributed by atoms with Gasteiger partial charge in [0, 0.05) is 0 Å². The van der Waals surface area contributed by atoms with E-state index in [1.807, 2.05) is 0 Å². The smallest absolute Gasteiger partial charge is 0.119 e. The summed E-state index contributed by atoms with van der Waals surface area (Å²) in [7, 11) is 0. The third kappa shape index (κ3) is 10.3. The topological polar surface area (TPSA) is 18.5 Å². The molecule has 31 heavy (non-hydrogen) atoms. The van der Waals surface area contributed by atoms with Crippen LogP contribution in [-0.2, 0) is 0 Å². The first-order valence-corrected chi connectivity index (χ1v) is 12.6. The maximum absolute atomic E-state index is 6.08. The monoisotopic (exact) mass is 424 g/mol. The molecule has 2 atom stereocenters. The number of benzene rings is 2. The molecule has 0 aliphatic rings. The average molecular weight is 425 g/mol. The van der Waals surface area contributed by atoms with Crippen LogP contribution in [0.4, 0.5) is 0 Å². The van der Waals surface area contributed by atoms with Crippen LogP contribution in [0.5, 0.6) is 11.5 Å². The molecule has 2 nitrogen and oxygen atoms in total. The van der Waals surface area contributed by atoms with Crippen molar-refractivity contribution >= 4 is 0 Å². The van der Waals surface area contributed by atoms with Crippen LogP contribution in [0.1, 0.15) is 91.9 Å². The molecule has 2 rings (SSSR count). The molecule has 0 N–H and O–H groups in total. The van der Waals surface area contributed by atoms with Crippen molar-refractivity contribution in [3.05, 3.63) is 48.5 Å². The molecule has 0 heterocycles. The van der Waals surface area contributed by atoms with Crippen LogP contribution in [0.15, 0.2) is 48.5 Å². The fourth-order valence-corrected chi connectivity index (χ4v) is 3.79. The van der Waals surface area contributed by atoms with E-state index in [1.54, 1.807) is 0 Å². The first-order valence-electron chi connectivity index (χ1n) is 12.6. The van der Waals surface area contributed by atoms with Crippen LogP contribution < -0.4 is 9.47 Å². The quantitative estimate of drug-likeness (QED) is 0.250. The molecule has 0 amide bonds. The van der Waals surface area contributed by atoms with Gasteiger partial charge in [-0.1, -0.05) is 90.0 Å². The van der Waals surface area contributed by atoms with Crippen molar-refractivity contribution in [1.82, 2.24) is 0 Å². The fraction of sp³-hybridized carbons (Fsp3) is 0.586. The van der Waals surface area contributed by atoms with E-state index in [4.69, 9.17) is 9.47 Å². The van der Waals surface area contributed by atoms with E-state index in [1.165, 1.54) is 62.5 Å². The minimum Gasteiger partial charge on any atom is -0.494 e. The van der Waals surface area contributed by atoms with Crippen molar-refractivity contribution in [3.63, 3.8) is 0 Å².